The zero-order chi connectivity index (χ0) is 17.9. The van der Waals surface area contributed by atoms with Crippen LogP contribution in [0.2, 0.25) is 0 Å². The first-order valence-corrected chi connectivity index (χ1v) is 7.21. The lowest BCUT2D eigenvalue weighted by atomic mass is 9.91. The van der Waals surface area contributed by atoms with E-state index in [0.29, 0.717) is 22.8 Å². The molecule has 1 amide bonds. The number of primary amides is 1. The second-order valence-corrected chi connectivity index (χ2v) is 5.27. The molecule has 0 radical (unpaired) electrons. The van der Waals surface area contributed by atoms with Crippen LogP contribution in [-0.2, 0) is 4.79 Å². The number of rotatable bonds is 6. The molecule has 0 bridgehead atoms. The Morgan fingerprint density at radius 1 is 1.29 bits per heavy atom. The van der Waals surface area contributed by atoms with Crippen molar-refractivity contribution in [1.82, 2.24) is 0 Å². The number of nitrogens with two attached hydrogens (primary N) is 1. The van der Waals surface area contributed by atoms with Crippen molar-refractivity contribution in [3.8, 4) is 17.2 Å². The first kappa shape index (κ1) is 17.4. The summed E-state index contributed by atoms with van der Waals surface area (Å²) in [6, 6.07) is 6.16. The summed E-state index contributed by atoms with van der Waals surface area (Å²) >= 11 is 0. The minimum atomic E-state index is -0.768. The standard InChI is InChI=1S/C17H19NO6/c1-9-6-13(19)16(21)17(24-9)12(8-15(18)20)11-5-4-10(22-2)7-14(11)23-3/h4-7,12,21H,8H2,1-3H3,(H2,18,20)/t12-/m1/s1. The predicted octanol–water partition coefficient (Wildman–Crippen LogP) is 1.68. The van der Waals surface area contributed by atoms with E-state index >= 15 is 0 Å². The monoisotopic (exact) mass is 333 g/mol. The fraction of sp³-hybridized carbons (Fsp3) is 0.294. The molecule has 0 aliphatic carbocycles. The van der Waals surface area contributed by atoms with Crippen LogP contribution in [0.25, 0.3) is 0 Å². The molecule has 1 atom stereocenters. The molecule has 2 aromatic rings. The summed E-state index contributed by atoms with van der Waals surface area (Å²) in [6.07, 6.45) is -0.164. The third-order valence-corrected chi connectivity index (χ3v) is 3.61. The van der Waals surface area contributed by atoms with E-state index in [1.54, 1.807) is 25.1 Å². The van der Waals surface area contributed by atoms with Crippen LogP contribution in [-0.4, -0.2) is 25.2 Å². The van der Waals surface area contributed by atoms with Gasteiger partial charge in [0.2, 0.25) is 17.1 Å². The third kappa shape index (κ3) is 3.51. The fourth-order valence-corrected chi connectivity index (χ4v) is 2.51. The molecule has 0 aliphatic heterocycles. The summed E-state index contributed by atoms with van der Waals surface area (Å²) in [5, 5.41) is 10.1. The average Bonchev–Trinajstić information content (AvgIpc) is 2.55. The third-order valence-electron chi connectivity index (χ3n) is 3.61. The smallest absolute Gasteiger partial charge is 0.227 e. The number of aromatic hydroxyl groups is 1. The highest BCUT2D eigenvalue weighted by Gasteiger charge is 2.27. The maximum Gasteiger partial charge on any atom is 0.227 e. The van der Waals surface area contributed by atoms with Gasteiger partial charge in [0.1, 0.15) is 17.3 Å². The Morgan fingerprint density at radius 3 is 2.58 bits per heavy atom. The highest BCUT2D eigenvalue weighted by Crippen LogP contribution is 2.39. The number of ether oxygens (including phenoxy) is 2. The zero-order valence-corrected chi connectivity index (χ0v) is 13.7. The highest BCUT2D eigenvalue weighted by atomic mass is 16.5. The highest BCUT2D eigenvalue weighted by molar-refractivity contribution is 5.75. The van der Waals surface area contributed by atoms with Crippen molar-refractivity contribution >= 4 is 5.91 Å². The Kier molecular flexibility index (Phi) is 5.13. The van der Waals surface area contributed by atoms with Crippen LogP contribution >= 0.6 is 0 Å². The number of amides is 1. The van der Waals surface area contributed by atoms with Crippen molar-refractivity contribution in [2.75, 3.05) is 14.2 Å². The summed E-state index contributed by atoms with van der Waals surface area (Å²) in [7, 11) is 2.98. The molecule has 1 aromatic heterocycles. The molecule has 24 heavy (non-hydrogen) atoms. The Morgan fingerprint density at radius 2 is 2.00 bits per heavy atom. The molecule has 0 saturated heterocycles. The van der Waals surface area contributed by atoms with E-state index in [0.717, 1.165) is 0 Å². The number of hydrogen-bond acceptors (Lipinski definition) is 6. The zero-order valence-electron chi connectivity index (χ0n) is 13.7. The van der Waals surface area contributed by atoms with Crippen molar-refractivity contribution in [3.05, 3.63) is 51.6 Å². The Bertz CT molecular complexity index is 811. The molecular formula is C17H19NO6. The van der Waals surface area contributed by atoms with Gasteiger partial charge >= 0.3 is 0 Å². The molecule has 2 rings (SSSR count). The number of aryl methyl sites for hydroxylation is 1. The maximum atomic E-state index is 11.9. The van der Waals surface area contributed by atoms with E-state index in [-0.39, 0.29) is 12.2 Å². The van der Waals surface area contributed by atoms with Gasteiger partial charge in [-0.25, -0.2) is 0 Å². The lowest BCUT2D eigenvalue weighted by Gasteiger charge is -2.19. The summed E-state index contributed by atoms with van der Waals surface area (Å²) in [4.78, 5) is 23.4. The van der Waals surface area contributed by atoms with Crippen molar-refractivity contribution in [3.63, 3.8) is 0 Å². The van der Waals surface area contributed by atoms with Gasteiger partial charge in [-0.3, -0.25) is 9.59 Å². The van der Waals surface area contributed by atoms with E-state index in [4.69, 9.17) is 19.6 Å². The molecule has 0 spiro atoms. The van der Waals surface area contributed by atoms with Crippen molar-refractivity contribution in [1.29, 1.82) is 0 Å². The van der Waals surface area contributed by atoms with Gasteiger partial charge < -0.3 is 24.7 Å². The molecule has 1 aromatic carbocycles. The largest absolute Gasteiger partial charge is 0.502 e. The topological polar surface area (TPSA) is 112 Å². The predicted molar refractivity (Wildman–Crippen MR) is 86.6 cm³/mol. The van der Waals surface area contributed by atoms with Crippen molar-refractivity contribution in [2.24, 2.45) is 5.73 Å². The maximum absolute atomic E-state index is 11.9. The Balaban J connectivity index is 2.67. The van der Waals surface area contributed by atoms with E-state index in [2.05, 4.69) is 0 Å². The molecule has 1 heterocycles. The van der Waals surface area contributed by atoms with E-state index in [9.17, 15) is 14.7 Å². The quantitative estimate of drug-likeness (QED) is 0.832. The van der Waals surface area contributed by atoms with Gasteiger partial charge in [0.15, 0.2) is 5.76 Å². The van der Waals surface area contributed by atoms with Gasteiger partial charge in [-0.2, -0.15) is 0 Å². The second-order valence-electron chi connectivity index (χ2n) is 5.27. The fourth-order valence-electron chi connectivity index (χ4n) is 2.51. The summed E-state index contributed by atoms with van der Waals surface area (Å²) in [5.41, 5.74) is 5.29. The molecule has 0 fully saturated rings. The van der Waals surface area contributed by atoms with Crippen LogP contribution in [0, 0.1) is 6.92 Å². The number of hydrogen-bond donors (Lipinski definition) is 2. The lowest BCUT2D eigenvalue weighted by molar-refractivity contribution is -0.118. The number of benzene rings is 1. The summed E-state index contributed by atoms with van der Waals surface area (Å²) in [6.45, 7) is 1.58. The molecule has 0 unspecified atom stereocenters. The number of methoxy groups -OCH3 is 2. The minimum Gasteiger partial charge on any atom is -0.502 e. The number of carbonyl (C=O) groups excluding carboxylic acids is 1. The second kappa shape index (κ2) is 7.08. The molecule has 7 nitrogen and oxygen atoms in total. The van der Waals surface area contributed by atoms with Crippen LogP contribution in [0.3, 0.4) is 0 Å². The number of carbonyl (C=O) groups is 1. The van der Waals surface area contributed by atoms with Crippen molar-refractivity contribution in [2.45, 2.75) is 19.3 Å². The first-order valence-electron chi connectivity index (χ1n) is 7.21. The van der Waals surface area contributed by atoms with E-state index < -0.39 is 23.0 Å². The van der Waals surface area contributed by atoms with Crippen LogP contribution in [0.15, 0.2) is 33.5 Å². The average molecular weight is 333 g/mol. The van der Waals surface area contributed by atoms with Gasteiger partial charge in [-0.1, -0.05) is 6.07 Å². The molecule has 0 saturated carbocycles. The van der Waals surface area contributed by atoms with E-state index in [1.165, 1.54) is 20.3 Å². The van der Waals surface area contributed by atoms with Gasteiger partial charge in [-0.05, 0) is 13.0 Å². The molecule has 7 heteroatoms. The Hall–Kier alpha value is -2.96. The van der Waals surface area contributed by atoms with Crippen LogP contribution in [0.5, 0.6) is 17.2 Å². The van der Waals surface area contributed by atoms with E-state index in [1.807, 2.05) is 0 Å². The Labute approximate surface area is 138 Å². The van der Waals surface area contributed by atoms with Crippen LogP contribution < -0.4 is 20.6 Å². The molecule has 128 valence electrons. The van der Waals surface area contributed by atoms with Gasteiger partial charge in [0.25, 0.3) is 0 Å². The summed E-state index contributed by atoms with van der Waals surface area (Å²) in [5.74, 6) is -0.661. The SMILES string of the molecule is COc1ccc([C@@H](CC(N)=O)c2oc(C)cc(=O)c2O)c(OC)c1. The lowest BCUT2D eigenvalue weighted by Crippen LogP contribution is -2.18. The van der Waals surface area contributed by atoms with Crippen molar-refractivity contribution < 1.29 is 23.8 Å². The molecular weight excluding hydrogens is 314 g/mol. The minimum absolute atomic E-state index is 0.0257. The first-order chi connectivity index (χ1) is 11.4. The van der Waals surface area contributed by atoms with Crippen LogP contribution in [0.1, 0.15) is 29.4 Å². The van der Waals surface area contributed by atoms with Gasteiger partial charge in [-0.15, -0.1) is 0 Å². The van der Waals surface area contributed by atoms with Gasteiger partial charge in [0.05, 0.1) is 20.1 Å². The normalized spacial score (nSPS) is 11.8. The molecule has 0 aliphatic rings. The van der Waals surface area contributed by atoms with Gasteiger partial charge in [0, 0.05) is 24.1 Å². The summed E-state index contributed by atoms with van der Waals surface area (Å²) < 4.78 is 16.0. The van der Waals surface area contributed by atoms with Crippen LogP contribution in [0.4, 0.5) is 0 Å². The molecule has 3 N–H and O–H groups in total.